The highest BCUT2D eigenvalue weighted by atomic mass is 16.5. The number of carbonyl (C=O) groups is 1. The van der Waals surface area contributed by atoms with Crippen LogP contribution < -0.4 is 4.74 Å². The Morgan fingerprint density at radius 3 is 2.86 bits per heavy atom. The molecule has 2 aromatic rings. The van der Waals surface area contributed by atoms with Crippen molar-refractivity contribution in [1.29, 1.82) is 0 Å². The molecule has 0 radical (unpaired) electrons. The van der Waals surface area contributed by atoms with Crippen molar-refractivity contribution in [3.8, 4) is 5.75 Å². The number of H-pyrrole nitrogens is 1. The second-order valence-corrected chi connectivity index (χ2v) is 5.95. The Morgan fingerprint density at radius 1 is 1.38 bits per heavy atom. The van der Waals surface area contributed by atoms with Gasteiger partial charge in [-0.15, -0.1) is 0 Å². The largest absolute Gasteiger partial charge is 0.491 e. The maximum Gasteiger partial charge on any atom is 0.193 e. The number of carbonyl (C=O) groups excluding carboxylic acids is 1. The number of fused-ring (bicyclic) bond motifs is 1. The molecule has 1 aromatic heterocycles. The van der Waals surface area contributed by atoms with Crippen molar-refractivity contribution in [1.82, 2.24) is 4.98 Å². The van der Waals surface area contributed by atoms with Crippen LogP contribution in [0.3, 0.4) is 0 Å². The summed E-state index contributed by atoms with van der Waals surface area (Å²) in [4.78, 5) is 15.8. The molecule has 112 valence electrons. The van der Waals surface area contributed by atoms with Crippen LogP contribution in [0.4, 0.5) is 0 Å². The zero-order chi connectivity index (χ0) is 15.0. The van der Waals surface area contributed by atoms with Crippen molar-refractivity contribution in [2.24, 2.45) is 0 Å². The molecule has 0 saturated carbocycles. The van der Waals surface area contributed by atoms with Gasteiger partial charge >= 0.3 is 0 Å². The van der Waals surface area contributed by atoms with E-state index in [0.29, 0.717) is 5.56 Å². The third-order valence-electron chi connectivity index (χ3n) is 3.81. The molecule has 1 saturated heterocycles. The van der Waals surface area contributed by atoms with Gasteiger partial charge in [0.25, 0.3) is 0 Å². The fourth-order valence-corrected chi connectivity index (χ4v) is 2.82. The molecule has 0 aliphatic carbocycles. The van der Waals surface area contributed by atoms with Crippen molar-refractivity contribution in [2.75, 3.05) is 0 Å². The van der Waals surface area contributed by atoms with Crippen molar-refractivity contribution in [3.05, 3.63) is 30.0 Å². The number of benzene rings is 1. The third-order valence-corrected chi connectivity index (χ3v) is 3.81. The van der Waals surface area contributed by atoms with Crippen LogP contribution in [0.15, 0.2) is 24.4 Å². The predicted molar refractivity (Wildman–Crippen MR) is 82.0 cm³/mol. The lowest BCUT2D eigenvalue weighted by molar-refractivity contribution is 0.0435. The number of Topliss-reactive ketones (excluding diaryl/α,β-unsaturated/α-hetero) is 1. The summed E-state index contributed by atoms with van der Waals surface area (Å²) in [5, 5.41) is 0.904. The number of rotatable bonds is 4. The molecule has 1 N–H and O–H groups in total. The van der Waals surface area contributed by atoms with E-state index in [2.05, 4.69) is 4.98 Å². The molecule has 1 aliphatic rings. The summed E-state index contributed by atoms with van der Waals surface area (Å²) in [5.41, 5.74) is 1.64. The summed E-state index contributed by atoms with van der Waals surface area (Å²) >= 11 is 0. The SMILES string of the molecule is CC(C)Oc1ccc2[nH]cc(C(=O)C3CCC(C)O3)c2c1. The number of hydrogen-bond acceptors (Lipinski definition) is 3. The Labute approximate surface area is 124 Å². The van der Waals surface area contributed by atoms with Crippen molar-refractivity contribution < 1.29 is 14.3 Å². The average molecular weight is 287 g/mol. The first-order valence-electron chi connectivity index (χ1n) is 7.52. The molecule has 1 aliphatic heterocycles. The Hall–Kier alpha value is -1.81. The molecule has 2 unspecified atom stereocenters. The van der Waals surface area contributed by atoms with Crippen LogP contribution >= 0.6 is 0 Å². The Morgan fingerprint density at radius 2 is 2.19 bits per heavy atom. The van der Waals surface area contributed by atoms with Gasteiger partial charge in [0.05, 0.1) is 12.2 Å². The Kier molecular flexibility index (Phi) is 3.72. The Bertz CT molecular complexity index is 659. The lowest BCUT2D eigenvalue weighted by Crippen LogP contribution is -2.20. The highest BCUT2D eigenvalue weighted by Gasteiger charge is 2.30. The molecule has 0 bridgehead atoms. The van der Waals surface area contributed by atoms with E-state index in [4.69, 9.17) is 9.47 Å². The summed E-state index contributed by atoms with van der Waals surface area (Å²) in [5.74, 6) is 0.846. The minimum absolute atomic E-state index is 0.0623. The number of aromatic amines is 1. The molecule has 4 nitrogen and oxygen atoms in total. The van der Waals surface area contributed by atoms with E-state index in [1.54, 1.807) is 6.20 Å². The van der Waals surface area contributed by atoms with Crippen LogP contribution in [0.2, 0.25) is 0 Å². The molecule has 1 aromatic carbocycles. The standard InChI is InChI=1S/C17H21NO3/c1-10(2)20-12-5-6-15-13(8-12)14(9-18-15)17(19)16-7-4-11(3)21-16/h5-6,8-11,16,18H,4,7H2,1-3H3. The van der Waals surface area contributed by atoms with E-state index in [0.717, 1.165) is 29.5 Å². The quantitative estimate of drug-likeness (QED) is 0.872. The number of ether oxygens (including phenoxy) is 2. The van der Waals surface area contributed by atoms with Gasteiger partial charge in [-0.1, -0.05) is 0 Å². The van der Waals surface area contributed by atoms with Gasteiger partial charge in [0, 0.05) is 22.7 Å². The van der Waals surface area contributed by atoms with E-state index < -0.39 is 0 Å². The number of ketones is 1. The highest BCUT2D eigenvalue weighted by Crippen LogP contribution is 2.28. The lowest BCUT2D eigenvalue weighted by atomic mass is 10.0. The highest BCUT2D eigenvalue weighted by molar-refractivity contribution is 6.10. The van der Waals surface area contributed by atoms with Gasteiger partial charge in [0.15, 0.2) is 5.78 Å². The molecule has 0 spiro atoms. The van der Waals surface area contributed by atoms with Crippen LogP contribution in [0, 0.1) is 0 Å². The molecule has 21 heavy (non-hydrogen) atoms. The number of aromatic nitrogens is 1. The molecule has 2 heterocycles. The molecular formula is C17H21NO3. The van der Waals surface area contributed by atoms with E-state index in [1.165, 1.54) is 0 Å². The second-order valence-electron chi connectivity index (χ2n) is 5.95. The summed E-state index contributed by atoms with van der Waals surface area (Å²) in [6, 6.07) is 5.79. The molecule has 4 heteroatoms. The monoisotopic (exact) mass is 287 g/mol. The molecular weight excluding hydrogens is 266 g/mol. The van der Waals surface area contributed by atoms with E-state index in [1.807, 2.05) is 39.0 Å². The number of nitrogens with one attached hydrogen (secondary N) is 1. The third kappa shape index (κ3) is 2.81. The molecule has 3 rings (SSSR count). The summed E-state index contributed by atoms with van der Waals surface area (Å²) < 4.78 is 11.4. The van der Waals surface area contributed by atoms with Gasteiger partial charge < -0.3 is 14.5 Å². The van der Waals surface area contributed by atoms with Gasteiger partial charge in [0.1, 0.15) is 11.9 Å². The maximum atomic E-state index is 12.6. The fraction of sp³-hybridized carbons (Fsp3) is 0.471. The predicted octanol–water partition coefficient (Wildman–Crippen LogP) is 3.71. The van der Waals surface area contributed by atoms with E-state index >= 15 is 0 Å². The van der Waals surface area contributed by atoms with Gasteiger partial charge in [-0.3, -0.25) is 4.79 Å². The normalized spacial score (nSPS) is 22.1. The van der Waals surface area contributed by atoms with Crippen LogP contribution in [0.5, 0.6) is 5.75 Å². The van der Waals surface area contributed by atoms with Crippen LogP contribution in [0.1, 0.15) is 44.0 Å². The second kappa shape index (κ2) is 5.53. The summed E-state index contributed by atoms with van der Waals surface area (Å²) in [6.45, 7) is 5.99. The lowest BCUT2D eigenvalue weighted by Gasteiger charge is -2.11. The van der Waals surface area contributed by atoms with Gasteiger partial charge in [-0.2, -0.15) is 0 Å². The maximum absolute atomic E-state index is 12.6. The minimum Gasteiger partial charge on any atom is -0.491 e. The molecule has 2 atom stereocenters. The van der Waals surface area contributed by atoms with Crippen molar-refractivity contribution in [3.63, 3.8) is 0 Å². The first-order valence-corrected chi connectivity index (χ1v) is 7.52. The van der Waals surface area contributed by atoms with Gasteiger partial charge in [-0.25, -0.2) is 0 Å². The topological polar surface area (TPSA) is 51.3 Å². The average Bonchev–Trinajstić information content (AvgIpc) is 3.03. The van der Waals surface area contributed by atoms with Gasteiger partial charge in [0.2, 0.25) is 0 Å². The van der Waals surface area contributed by atoms with Crippen molar-refractivity contribution >= 4 is 16.7 Å². The summed E-state index contributed by atoms with van der Waals surface area (Å²) in [7, 11) is 0. The summed E-state index contributed by atoms with van der Waals surface area (Å²) in [6.07, 6.45) is 3.49. The number of hydrogen-bond donors (Lipinski definition) is 1. The van der Waals surface area contributed by atoms with Crippen LogP contribution in [-0.4, -0.2) is 29.1 Å². The van der Waals surface area contributed by atoms with Crippen molar-refractivity contribution in [2.45, 2.75) is 51.9 Å². The smallest absolute Gasteiger partial charge is 0.193 e. The first-order chi connectivity index (χ1) is 10.0. The minimum atomic E-state index is -0.311. The fourth-order valence-electron chi connectivity index (χ4n) is 2.82. The molecule has 1 fully saturated rings. The molecule has 0 amide bonds. The zero-order valence-electron chi connectivity index (χ0n) is 12.7. The zero-order valence-corrected chi connectivity index (χ0v) is 12.7. The Balaban J connectivity index is 1.92. The first kappa shape index (κ1) is 14.1. The van der Waals surface area contributed by atoms with Gasteiger partial charge in [-0.05, 0) is 51.8 Å². The van der Waals surface area contributed by atoms with E-state index in [9.17, 15) is 4.79 Å². The van der Waals surface area contributed by atoms with Crippen LogP contribution in [0.25, 0.3) is 10.9 Å². The van der Waals surface area contributed by atoms with E-state index in [-0.39, 0.29) is 24.1 Å². The van der Waals surface area contributed by atoms with Crippen LogP contribution in [-0.2, 0) is 4.74 Å².